The molecule has 3 heterocycles. The number of aromatic amines is 1. The number of aromatic nitrogens is 3. The Hall–Kier alpha value is -3.16. The SMILES string of the molecule is CC(O)(c1cccnc1)c1nc2c3ccc(F)cc3c3c(=O)[nH]ccc3c2s1. The Morgan fingerprint density at radius 2 is 2.04 bits per heavy atom. The van der Waals surface area contributed by atoms with Crippen molar-refractivity contribution in [2.45, 2.75) is 12.5 Å². The Labute approximate surface area is 162 Å². The van der Waals surface area contributed by atoms with Gasteiger partial charge in [-0.05, 0) is 37.3 Å². The summed E-state index contributed by atoms with van der Waals surface area (Å²) < 4.78 is 14.7. The molecule has 3 aromatic heterocycles. The molecule has 0 saturated heterocycles. The number of nitrogens with zero attached hydrogens (tertiary/aromatic N) is 2. The summed E-state index contributed by atoms with van der Waals surface area (Å²) in [6, 6.07) is 9.65. The van der Waals surface area contributed by atoms with Crippen LogP contribution in [0.15, 0.2) is 59.8 Å². The summed E-state index contributed by atoms with van der Waals surface area (Å²) in [6.45, 7) is 1.67. The van der Waals surface area contributed by atoms with Gasteiger partial charge in [0.1, 0.15) is 16.4 Å². The van der Waals surface area contributed by atoms with Crippen LogP contribution in [0.5, 0.6) is 0 Å². The van der Waals surface area contributed by atoms with Gasteiger partial charge in [0.15, 0.2) is 0 Å². The second-order valence-electron chi connectivity index (χ2n) is 6.80. The fourth-order valence-corrected chi connectivity index (χ4v) is 4.71. The van der Waals surface area contributed by atoms with Crippen molar-refractivity contribution in [3.63, 3.8) is 0 Å². The van der Waals surface area contributed by atoms with Crippen LogP contribution >= 0.6 is 11.3 Å². The second-order valence-corrected chi connectivity index (χ2v) is 7.80. The van der Waals surface area contributed by atoms with E-state index in [1.54, 1.807) is 49.8 Å². The van der Waals surface area contributed by atoms with Gasteiger partial charge in [0, 0.05) is 40.3 Å². The predicted molar refractivity (Wildman–Crippen MR) is 108 cm³/mol. The molecule has 2 aromatic carbocycles. The Morgan fingerprint density at radius 1 is 1.18 bits per heavy atom. The van der Waals surface area contributed by atoms with Crippen molar-refractivity contribution in [1.82, 2.24) is 15.0 Å². The molecule has 5 nitrogen and oxygen atoms in total. The number of H-pyrrole nitrogens is 1. The average molecular weight is 391 g/mol. The molecule has 28 heavy (non-hydrogen) atoms. The fraction of sp³-hybridized carbons (Fsp3) is 0.0952. The van der Waals surface area contributed by atoms with Gasteiger partial charge in [-0.25, -0.2) is 9.37 Å². The molecule has 0 radical (unpaired) electrons. The summed E-state index contributed by atoms with van der Waals surface area (Å²) in [5, 5.41) is 13.9. The van der Waals surface area contributed by atoms with Crippen molar-refractivity contribution in [2.24, 2.45) is 0 Å². The standard InChI is InChI=1S/C21H14FN3O2S/c1-21(27,11-3-2-7-23-10-11)20-25-17-13-5-4-12(22)9-15(13)16-14(18(17)28-20)6-8-24-19(16)26/h2-10,27H,1H3,(H,24,26). The smallest absolute Gasteiger partial charge is 0.256 e. The Bertz CT molecular complexity index is 1420. The molecule has 1 atom stereocenters. The molecule has 0 fully saturated rings. The number of hydrogen-bond acceptors (Lipinski definition) is 5. The van der Waals surface area contributed by atoms with Gasteiger partial charge in [-0.1, -0.05) is 6.07 Å². The van der Waals surface area contributed by atoms with E-state index in [0.29, 0.717) is 37.6 Å². The molecule has 0 bridgehead atoms. The van der Waals surface area contributed by atoms with Crippen molar-refractivity contribution in [1.29, 1.82) is 0 Å². The van der Waals surface area contributed by atoms with E-state index in [1.165, 1.54) is 23.5 Å². The third-order valence-electron chi connectivity index (χ3n) is 4.98. The quantitative estimate of drug-likeness (QED) is 0.445. The number of pyridine rings is 2. The highest BCUT2D eigenvalue weighted by Crippen LogP contribution is 2.41. The maximum Gasteiger partial charge on any atom is 0.256 e. The van der Waals surface area contributed by atoms with E-state index >= 15 is 0 Å². The number of aliphatic hydroxyl groups is 1. The minimum atomic E-state index is -1.35. The lowest BCUT2D eigenvalue weighted by molar-refractivity contribution is 0.102. The number of halogens is 1. The molecule has 7 heteroatoms. The van der Waals surface area contributed by atoms with Crippen molar-refractivity contribution in [3.8, 4) is 0 Å². The zero-order valence-corrected chi connectivity index (χ0v) is 15.5. The van der Waals surface area contributed by atoms with Gasteiger partial charge in [0.05, 0.1) is 15.6 Å². The third kappa shape index (κ3) is 2.37. The minimum Gasteiger partial charge on any atom is -0.378 e. The van der Waals surface area contributed by atoms with Gasteiger partial charge < -0.3 is 10.1 Å². The average Bonchev–Trinajstić information content (AvgIpc) is 3.15. The largest absolute Gasteiger partial charge is 0.378 e. The van der Waals surface area contributed by atoms with Crippen molar-refractivity contribution >= 4 is 43.1 Å². The van der Waals surface area contributed by atoms with Crippen LogP contribution in [0, 0.1) is 5.82 Å². The van der Waals surface area contributed by atoms with E-state index in [0.717, 1.165) is 4.70 Å². The van der Waals surface area contributed by atoms with Crippen LogP contribution in [0.1, 0.15) is 17.5 Å². The summed E-state index contributed by atoms with van der Waals surface area (Å²) in [4.78, 5) is 24.0. The van der Waals surface area contributed by atoms with Gasteiger partial charge in [-0.15, -0.1) is 11.3 Å². The summed E-state index contributed by atoms with van der Waals surface area (Å²) in [6.07, 6.45) is 4.80. The number of thiazole rings is 1. The molecule has 0 saturated carbocycles. The number of rotatable bonds is 2. The van der Waals surface area contributed by atoms with Gasteiger partial charge >= 0.3 is 0 Å². The lowest BCUT2D eigenvalue weighted by Crippen LogP contribution is -2.22. The van der Waals surface area contributed by atoms with Crippen LogP contribution in [0.4, 0.5) is 4.39 Å². The Balaban J connectivity index is 1.93. The van der Waals surface area contributed by atoms with Crippen LogP contribution < -0.4 is 5.56 Å². The first kappa shape index (κ1) is 17.0. The Kier molecular flexibility index (Phi) is 3.59. The summed E-state index contributed by atoms with van der Waals surface area (Å²) in [5.74, 6) is -0.422. The van der Waals surface area contributed by atoms with Crippen LogP contribution in [0.3, 0.4) is 0 Å². The predicted octanol–water partition coefficient (Wildman–Crippen LogP) is 4.08. The maximum absolute atomic E-state index is 13.9. The van der Waals surface area contributed by atoms with Crippen LogP contribution in [0.2, 0.25) is 0 Å². The molecule has 138 valence electrons. The highest BCUT2D eigenvalue weighted by atomic mass is 32.1. The number of fused-ring (bicyclic) bond motifs is 6. The second kappa shape index (κ2) is 5.92. The zero-order chi connectivity index (χ0) is 19.5. The van der Waals surface area contributed by atoms with Crippen molar-refractivity contribution in [3.05, 3.63) is 81.7 Å². The lowest BCUT2D eigenvalue weighted by Gasteiger charge is -2.20. The molecular formula is C21H14FN3O2S. The topological polar surface area (TPSA) is 78.9 Å². The molecule has 0 aliphatic carbocycles. The molecule has 5 rings (SSSR count). The normalized spacial score (nSPS) is 14.0. The summed E-state index contributed by atoms with van der Waals surface area (Å²) >= 11 is 1.32. The number of benzene rings is 2. The van der Waals surface area contributed by atoms with E-state index in [4.69, 9.17) is 4.98 Å². The van der Waals surface area contributed by atoms with E-state index in [-0.39, 0.29) is 5.56 Å². The van der Waals surface area contributed by atoms with Crippen LogP contribution in [0.25, 0.3) is 31.8 Å². The highest BCUT2D eigenvalue weighted by Gasteiger charge is 2.31. The van der Waals surface area contributed by atoms with Gasteiger partial charge in [0.2, 0.25) is 0 Å². The number of nitrogens with one attached hydrogen (secondary N) is 1. The van der Waals surface area contributed by atoms with E-state index < -0.39 is 11.4 Å². The monoisotopic (exact) mass is 391 g/mol. The first-order valence-electron chi connectivity index (χ1n) is 8.63. The van der Waals surface area contributed by atoms with Gasteiger partial charge in [-0.3, -0.25) is 9.78 Å². The van der Waals surface area contributed by atoms with E-state index in [9.17, 15) is 14.3 Å². The summed E-state index contributed by atoms with van der Waals surface area (Å²) in [7, 11) is 0. The van der Waals surface area contributed by atoms with Crippen LogP contribution in [-0.4, -0.2) is 20.1 Å². The molecule has 0 spiro atoms. The fourth-order valence-electron chi connectivity index (χ4n) is 3.53. The van der Waals surface area contributed by atoms with E-state index in [2.05, 4.69) is 9.97 Å². The molecule has 0 aliphatic rings. The minimum absolute atomic E-state index is 0.288. The maximum atomic E-state index is 13.9. The molecule has 0 aliphatic heterocycles. The van der Waals surface area contributed by atoms with Crippen molar-refractivity contribution < 1.29 is 9.50 Å². The zero-order valence-electron chi connectivity index (χ0n) is 14.7. The van der Waals surface area contributed by atoms with E-state index in [1.807, 2.05) is 0 Å². The molecule has 2 N–H and O–H groups in total. The first-order valence-corrected chi connectivity index (χ1v) is 9.45. The van der Waals surface area contributed by atoms with Crippen LogP contribution in [-0.2, 0) is 5.60 Å². The van der Waals surface area contributed by atoms with Crippen molar-refractivity contribution in [2.75, 3.05) is 0 Å². The molecule has 0 amide bonds. The lowest BCUT2D eigenvalue weighted by atomic mass is 9.98. The summed E-state index contributed by atoms with van der Waals surface area (Å²) in [5.41, 5.74) is -0.384. The highest BCUT2D eigenvalue weighted by molar-refractivity contribution is 7.20. The van der Waals surface area contributed by atoms with Gasteiger partial charge in [0.25, 0.3) is 5.56 Å². The molecule has 1 unspecified atom stereocenters. The molecular weight excluding hydrogens is 377 g/mol. The first-order chi connectivity index (χ1) is 13.5. The third-order valence-corrected chi connectivity index (χ3v) is 6.28. The van der Waals surface area contributed by atoms with Gasteiger partial charge in [-0.2, -0.15) is 0 Å². The Morgan fingerprint density at radius 3 is 2.82 bits per heavy atom. The molecule has 5 aromatic rings. The number of hydrogen-bond donors (Lipinski definition) is 2.